The second-order valence-electron chi connectivity index (χ2n) is 8.04. The Bertz CT molecular complexity index is 653. The third-order valence-corrected chi connectivity index (χ3v) is 4.06. The average molecular weight is 519 g/mol. The van der Waals surface area contributed by atoms with Crippen LogP contribution in [-0.4, -0.2) is 67.2 Å². The Labute approximate surface area is 190 Å². The SMILES string of the molecule is CN(C)C(=O)CNC(=NCc1ccc(OC(C)(C)C)nc1)NCC1CCCO1.I. The molecule has 0 saturated carbocycles. The number of aliphatic imine (C=N–C) groups is 1. The van der Waals surface area contributed by atoms with Crippen LogP contribution in [-0.2, 0) is 16.1 Å². The van der Waals surface area contributed by atoms with Crippen molar-refractivity contribution in [3.05, 3.63) is 23.9 Å². The predicted molar refractivity (Wildman–Crippen MR) is 125 cm³/mol. The third-order valence-electron chi connectivity index (χ3n) is 4.06. The van der Waals surface area contributed by atoms with Crippen molar-refractivity contribution in [3.8, 4) is 5.88 Å². The summed E-state index contributed by atoms with van der Waals surface area (Å²) in [5.74, 6) is 1.16. The van der Waals surface area contributed by atoms with Crippen molar-refractivity contribution in [1.29, 1.82) is 0 Å². The topological polar surface area (TPSA) is 88.1 Å². The van der Waals surface area contributed by atoms with Gasteiger partial charge in [-0.2, -0.15) is 0 Å². The number of hydrogen-bond acceptors (Lipinski definition) is 5. The van der Waals surface area contributed by atoms with Gasteiger partial charge in [-0.25, -0.2) is 9.98 Å². The molecule has 1 saturated heterocycles. The van der Waals surface area contributed by atoms with E-state index >= 15 is 0 Å². The molecule has 0 aromatic carbocycles. The van der Waals surface area contributed by atoms with Crippen LogP contribution in [0.2, 0.25) is 0 Å². The summed E-state index contributed by atoms with van der Waals surface area (Å²) in [5.41, 5.74) is 0.674. The molecule has 2 rings (SSSR count). The number of likely N-dealkylation sites (N-methyl/N-ethyl adjacent to an activating group) is 1. The number of hydrogen-bond donors (Lipinski definition) is 2. The van der Waals surface area contributed by atoms with Crippen molar-refractivity contribution in [3.63, 3.8) is 0 Å². The first kappa shape index (κ1) is 25.4. The number of guanidine groups is 1. The number of nitrogens with one attached hydrogen (secondary N) is 2. The van der Waals surface area contributed by atoms with Crippen LogP contribution in [0.4, 0.5) is 0 Å². The molecule has 0 aliphatic carbocycles. The lowest BCUT2D eigenvalue weighted by Crippen LogP contribution is -2.45. The van der Waals surface area contributed by atoms with Gasteiger partial charge in [0.05, 0.1) is 19.2 Å². The third kappa shape index (κ3) is 10.1. The molecule has 1 aromatic rings. The summed E-state index contributed by atoms with van der Waals surface area (Å²) in [7, 11) is 3.46. The van der Waals surface area contributed by atoms with Gasteiger partial charge in [-0.15, -0.1) is 24.0 Å². The van der Waals surface area contributed by atoms with Crippen molar-refractivity contribution in [2.45, 2.75) is 51.9 Å². The molecule has 29 heavy (non-hydrogen) atoms. The highest BCUT2D eigenvalue weighted by atomic mass is 127. The Morgan fingerprint density at radius 1 is 1.34 bits per heavy atom. The van der Waals surface area contributed by atoms with Gasteiger partial charge in [-0.05, 0) is 39.2 Å². The molecule has 1 fully saturated rings. The number of pyridine rings is 1. The van der Waals surface area contributed by atoms with Gasteiger partial charge in [0.15, 0.2) is 5.96 Å². The first-order valence-electron chi connectivity index (χ1n) is 9.71. The van der Waals surface area contributed by atoms with E-state index in [-0.39, 0.29) is 48.1 Å². The van der Waals surface area contributed by atoms with Crippen molar-refractivity contribution in [2.75, 3.05) is 33.8 Å². The minimum absolute atomic E-state index is 0. The van der Waals surface area contributed by atoms with Crippen LogP contribution < -0.4 is 15.4 Å². The summed E-state index contributed by atoms with van der Waals surface area (Å²) in [6.07, 6.45) is 4.07. The quantitative estimate of drug-likeness (QED) is 0.326. The van der Waals surface area contributed by atoms with E-state index in [1.807, 2.05) is 32.9 Å². The fourth-order valence-electron chi connectivity index (χ4n) is 2.56. The lowest BCUT2D eigenvalue weighted by atomic mass is 10.2. The Morgan fingerprint density at radius 3 is 2.66 bits per heavy atom. The molecular weight excluding hydrogens is 485 g/mol. The lowest BCUT2D eigenvalue weighted by Gasteiger charge is -2.20. The van der Waals surface area contributed by atoms with Gasteiger partial charge in [-0.3, -0.25) is 4.79 Å². The van der Waals surface area contributed by atoms with Crippen LogP contribution in [0, 0.1) is 0 Å². The second-order valence-corrected chi connectivity index (χ2v) is 8.04. The summed E-state index contributed by atoms with van der Waals surface area (Å²) in [6, 6.07) is 3.79. The van der Waals surface area contributed by atoms with Crippen LogP contribution >= 0.6 is 24.0 Å². The lowest BCUT2D eigenvalue weighted by molar-refractivity contribution is -0.127. The number of carbonyl (C=O) groups is 1. The maximum atomic E-state index is 11.9. The number of aromatic nitrogens is 1. The smallest absolute Gasteiger partial charge is 0.241 e. The van der Waals surface area contributed by atoms with Crippen molar-refractivity contribution in [1.82, 2.24) is 20.5 Å². The highest BCUT2D eigenvalue weighted by Gasteiger charge is 2.16. The van der Waals surface area contributed by atoms with Crippen LogP contribution in [0.5, 0.6) is 5.88 Å². The predicted octanol–water partition coefficient (Wildman–Crippen LogP) is 2.18. The van der Waals surface area contributed by atoms with Gasteiger partial charge in [0.1, 0.15) is 5.60 Å². The molecule has 0 radical (unpaired) electrons. The Balaban J connectivity index is 0.00000420. The van der Waals surface area contributed by atoms with Crippen molar-refractivity contribution >= 4 is 35.8 Å². The van der Waals surface area contributed by atoms with E-state index in [2.05, 4.69) is 20.6 Å². The zero-order valence-electron chi connectivity index (χ0n) is 18.0. The Hall–Kier alpha value is -1.62. The highest BCUT2D eigenvalue weighted by Crippen LogP contribution is 2.15. The summed E-state index contributed by atoms with van der Waals surface area (Å²) in [6.45, 7) is 8.05. The van der Waals surface area contributed by atoms with E-state index < -0.39 is 0 Å². The van der Waals surface area contributed by atoms with Crippen molar-refractivity contribution in [2.24, 2.45) is 4.99 Å². The Kier molecular flexibility index (Phi) is 10.7. The van der Waals surface area contributed by atoms with E-state index in [1.54, 1.807) is 25.2 Å². The van der Waals surface area contributed by atoms with E-state index in [4.69, 9.17) is 9.47 Å². The van der Waals surface area contributed by atoms with Crippen LogP contribution in [0.1, 0.15) is 39.2 Å². The first-order valence-corrected chi connectivity index (χ1v) is 9.71. The summed E-state index contributed by atoms with van der Waals surface area (Å²) in [4.78, 5) is 22.3. The van der Waals surface area contributed by atoms with Crippen LogP contribution in [0.3, 0.4) is 0 Å². The fourth-order valence-corrected chi connectivity index (χ4v) is 2.56. The van der Waals surface area contributed by atoms with E-state index in [0.717, 1.165) is 25.0 Å². The van der Waals surface area contributed by atoms with Gasteiger partial charge in [0.25, 0.3) is 0 Å². The normalized spacial score (nSPS) is 16.7. The molecule has 2 heterocycles. The number of ether oxygens (including phenoxy) is 2. The summed E-state index contributed by atoms with van der Waals surface area (Å²) >= 11 is 0. The largest absolute Gasteiger partial charge is 0.472 e. The van der Waals surface area contributed by atoms with Gasteiger partial charge in [0, 0.05) is 39.5 Å². The first-order chi connectivity index (χ1) is 13.2. The molecule has 2 N–H and O–H groups in total. The zero-order chi connectivity index (χ0) is 20.6. The van der Waals surface area contributed by atoms with Gasteiger partial charge in [0.2, 0.25) is 11.8 Å². The molecule has 1 aliphatic rings. The standard InChI is InChI=1S/C20H33N5O3.HI/c1-20(2,3)28-17-9-8-15(11-21-17)12-22-19(24-14-18(26)25(4)5)23-13-16-7-6-10-27-16;/h8-9,11,16H,6-7,10,12-14H2,1-5H3,(H2,22,23,24);1H. The molecular formula is C20H34IN5O3. The van der Waals surface area contributed by atoms with Crippen LogP contribution in [0.25, 0.3) is 0 Å². The molecule has 1 aliphatic heterocycles. The van der Waals surface area contributed by atoms with E-state index in [9.17, 15) is 4.79 Å². The summed E-state index contributed by atoms with van der Waals surface area (Å²) < 4.78 is 11.4. The Morgan fingerprint density at radius 2 is 2.10 bits per heavy atom. The highest BCUT2D eigenvalue weighted by molar-refractivity contribution is 14.0. The number of nitrogens with zero attached hydrogens (tertiary/aromatic N) is 3. The fraction of sp³-hybridized carbons (Fsp3) is 0.650. The number of amides is 1. The minimum Gasteiger partial charge on any atom is -0.472 e. The molecule has 9 heteroatoms. The minimum atomic E-state index is -0.283. The average Bonchev–Trinajstić information content (AvgIpc) is 3.14. The molecule has 164 valence electrons. The molecule has 1 unspecified atom stereocenters. The van der Waals surface area contributed by atoms with Crippen molar-refractivity contribution < 1.29 is 14.3 Å². The second kappa shape index (κ2) is 12.2. The number of halogens is 1. The monoisotopic (exact) mass is 519 g/mol. The summed E-state index contributed by atoms with van der Waals surface area (Å²) in [5, 5.41) is 6.35. The maximum absolute atomic E-state index is 11.9. The molecule has 0 bridgehead atoms. The maximum Gasteiger partial charge on any atom is 0.241 e. The molecule has 1 amide bonds. The van der Waals surface area contributed by atoms with Gasteiger partial charge >= 0.3 is 0 Å². The van der Waals surface area contributed by atoms with Gasteiger partial charge in [-0.1, -0.05) is 6.07 Å². The molecule has 0 spiro atoms. The van der Waals surface area contributed by atoms with E-state index in [0.29, 0.717) is 24.9 Å². The number of carbonyl (C=O) groups excluding carboxylic acids is 1. The van der Waals surface area contributed by atoms with Gasteiger partial charge < -0.3 is 25.0 Å². The van der Waals surface area contributed by atoms with E-state index in [1.165, 1.54) is 0 Å². The van der Waals surface area contributed by atoms with Crippen LogP contribution in [0.15, 0.2) is 23.3 Å². The molecule has 8 nitrogen and oxygen atoms in total. The zero-order valence-corrected chi connectivity index (χ0v) is 20.4. The number of rotatable bonds is 7. The molecule has 1 aromatic heterocycles. The molecule has 1 atom stereocenters.